The average Bonchev–Trinajstić information content (AvgIpc) is 3.34. The zero-order valence-corrected chi connectivity index (χ0v) is 28.0. The van der Waals surface area contributed by atoms with E-state index in [9.17, 15) is 0 Å². The molecule has 0 saturated heterocycles. The fourth-order valence-corrected chi connectivity index (χ4v) is 6.87. The molecule has 0 unspecified atom stereocenters. The van der Waals surface area contributed by atoms with Gasteiger partial charge in [-0.3, -0.25) is 0 Å². The van der Waals surface area contributed by atoms with Crippen molar-refractivity contribution in [3.8, 4) is 22.5 Å². The summed E-state index contributed by atoms with van der Waals surface area (Å²) in [6, 6.07) is 33.4. The summed E-state index contributed by atoms with van der Waals surface area (Å²) in [5.41, 5.74) is 6.19. The van der Waals surface area contributed by atoms with Crippen molar-refractivity contribution in [2.75, 3.05) is 0 Å². The minimum absolute atomic E-state index is 0. The second kappa shape index (κ2) is 12.7. The molecule has 2 nitrogen and oxygen atoms in total. The molecule has 0 fully saturated rings. The van der Waals surface area contributed by atoms with E-state index in [0.29, 0.717) is 0 Å². The molecule has 205 valence electrons. The topological polar surface area (TPSA) is 25.8 Å². The van der Waals surface area contributed by atoms with Crippen molar-refractivity contribution in [3.05, 3.63) is 115 Å². The summed E-state index contributed by atoms with van der Waals surface area (Å²) in [4.78, 5) is 9.08. The van der Waals surface area contributed by atoms with Crippen LogP contribution < -0.4 is 5.19 Å². The number of nitrogens with zero attached hydrogens (tertiary/aromatic N) is 2. The Morgan fingerprint density at radius 1 is 0.900 bits per heavy atom. The van der Waals surface area contributed by atoms with Gasteiger partial charge in [-0.2, -0.15) is 11.3 Å². The van der Waals surface area contributed by atoms with Crippen LogP contribution in [0.25, 0.3) is 42.7 Å². The molecule has 0 aliphatic carbocycles. The summed E-state index contributed by atoms with van der Waals surface area (Å²) < 4.78 is 10.8. The number of fused-ring (bicyclic) bond motifs is 3. The molecule has 3 heterocycles. The van der Waals surface area contributed by atoms with Gasteiger partial charge in [0, 0.05) is 38.6 Å². The maximum Gasteiger partial charge on any atom is 0.0795 e. The molecule has 0 N–H and O–H groups in total. The summed E-state index contributed by atoms with van der Waals surface area (Å²) in [6.45, 7) is 12.9. The third kappa shape index (κ3) is 6.50. The number of hydrogen-bond donors (Lipinski definition) is 0. The molecule has 6 rings (SSSR count). The van der Waals surface area contributed by atoms with E-state index in [2.05, 4.69) is 91.1 Å². The molecule has 0 bridgehead atoms. The molecule has 0 amide bonds. The molecule has 0 atom stereocenters. The van der Waals surface area contributed by atoms with Crippen molar-refractivity contribution in [1.29, 1.82) is 0 Å². The van der Waals surface area contributed by atoms with Crippen LogP contribution in [0.1, 0.15) is 32.2 Å². The van der Waals surface area contributed by atoms with Crippen LogP contribution in [0.3, 0.4) is 0 Å². The first-order valence-electron chi connectivity index (χ1n) is 13.8. The number of hydrogen-bond acceptors (Lipinski definition) is 3. The third-order valence-electron chi connectivity index (χ3n) is 6.86. The van der Waals surface area contributed by atoms with Gasteiger partial charge in [-0.05, 0) is 44.7 Å². The SMILES string of the molecule is C[Si](C)(C)c1ccc(-c2[c-]cccc2)nc1.[2H]C(C)(C)c1ccnc(-c2[c-]cc(C)c3c2sc2ccccc23)c1.[Ir]. The van der Waals surface area contributed by atoms with Crippen molar-refractivity contribution in [3.63, 3.8) is 0 Å². The van der Waals surface area contributed by atoms with E-state index in [1.165, 1.54) is 30.9 Å². The Bertz CT molecular complexity index is 1770. The van der Waals surface area contributed by atoms with Crippen molar-refractivity contribution in [1.82, 2.24) is 9.97 Å². The zero-order chi connectivity index (χ0) is 28.5. The number of rotatable bonds is 4. The number of thiophene rings is 1. The van der Waals surface area contributed by atoms with Gasteiger partial charge in [0.15, 0.2) is 0 Å². The van der Waals surface area contributed by atoms with Crippen LogP contribution >= 0.6 is 11.3 Å². The molecule has 40 heavy (non-hydrogen) atoms. The maximum absolute atomic E-state index is 8.28. The second-order valence-electron chi connectivity index (χ2n) is 11.0. The van der Waals surface area contributed by atoms with Gasteiger partial charge < -0.3 is 9.97 Å². The fourth-order valence-electron chi connectivity index (χ4n) is 4.55. The predicted molar refractivity (Wildman–Crippen MR) is 172 cm³/mol. The minimum atomic E-state index is -1.23. The van der Waals surface area contributed by atoms with Crippen molar-refractivity contribution < 1.29 is 21.5 Å². The van der Waals surface area contributed by atoms with Crippen molar-refractivity contribution in [2.24, 2.45) is 0 Å². The largest absolute Gasteiger partial charge is 0.305 e. The standard InChI is InChI=1S/C21H18NS.C14H16NSi.Ir/c1-13(2)15-10-11-22-18(12-15)16-9-8-14(3)20-17-6-4-5-7-19(17)23-21(16)20;1-16(2,3)13-9-10-14(15-11-13)12-7-5-4-6-8-12;/h4-8,10-13H,1-3H3;4-7,9-11H,1-3H3;/q2*-1;/i13D;;. The maximum atomic E-state index is 8.28. The van der Waals surface area contributed by atoms with Gasteiger partial charge in [0.25, 0.3) is 0 Å². The van der Waals surface area contributed by atoms with E-state index >= 15 is 0 Å². The van der Waals surface area contributed by atoms with E-state index in [-0.39, 0.29) is 20.1 Å². The van der Waals surface area contributed by atoms with Crippen molar-refractivity contribution in [2.45, 2.75) is 46.3 Å². The first-order valence-corrected chi connectivity index (χ1v) is 17.6. The van der Waals surface area contributed by atoms with Gasteiger partial charge in [-0.25, -0.2) is 0 Å². The van der Waals surface area contributed by atoms with Crippen LogP contribution in [0, 0.1) is 19.1 Å². The normalized spacial score (nSPS) is 11.9. The summed E-state index contributed by atoms with van der Waals surface area (Å²) in [7, 11) is -1.23. The van der Waals surface area contributed by atoms with Crippen LogP contribution in [0.15, 0.2) is 91.3 Å². The second-order valence-corrected chi connectivity index (χ2v) is 17.2. The summed E-state index contributed by atoms with van der Waals surface area (Å²) in [5.74, 6) is -0.637. The van der Waals surface area contributed by atoms with Gasteiger partial charge in [0.05, 0.1) is 8.07 Å². The van der Waals surface area contributed by atoms with E-state index in [1.807, 2.05) is 56.4 Å². The molecule has 0 aliphatic rings. The van der Waals surface area contributed by atoms with Crippen LogP contribution in [-0.4, -0.2) is 18.0 Å². The van der Waals surface area contributed by atoms with E-state index in [4.69, 9.17) is 1.37 Å². The molecular formula is C35H34IrN2SSi-2. The monoisotopic (exact) mass is 736 g/mol. The number of aryl methyl sites for hydroxylation is 1. The quantitative estimate of drug-likeness (QED) is 0.133. The van der Waals surface area contributed by atoms with E-state index in [0.717, 1.165) is 28.1 Å². The smallest absolute Gasteiger partial charge is 0.0795 e. The van der Waals surface area contributed by atoms with Gasteiger partial charge in [0.1, 0.15) is 0 Å². The van der Waals surface area contributed by atoms with Crippen molar-refractivity contribution >= 4 is 44.8 Å². The van der Waals surface area contributed by atoms with Gasteiger partial charge in [-0.15, -0.1) is 59.2 Å². The molecule has 6 aromatic rings. The molecule has 0 spiro atoms. The Kier molecular flexibility index (Phi) is 9.07. The van der Waals surface area contributed by atoms with E-state index < -0.39 is 14.0 Å². The Balaban J connectivity index is 0.000000200. The number of benzene rings is 3. The van der Waals surface area contributed by atoms with Gasteiger partial charge >= 0.3 is 0 Å². The zero-order valence-electron chi connectivity index (χ0n) is 24.8. The van der Waals surface area contributed by atoms with Crippen LogP contribution in [-0.2, 0) is 20.1 Å². The molecular weight excluding hydrogens is 701 g/mol. The first-order chi connectivity index (χ1) is 19.0. The summed E-state index contributed by atoms with van der Waals surface area (Å²) >= 11 is 1.79. The van der Waals surface area contributed by atoms with Gasteiger partial charge in [-0.1, -0.05) is 87.8 Å². The summed E-state index contributed by atoms with van der Waals surface area (Å²) in [6.07, 6.45) is 3.82. The molecule has 0 aliphatic heterocycles. The predicted octanol–water partition coefficient (Wildman–Crippen LogP) is 9.44. The first kappa shape index (κ1) is 28.6. The number of pyridine rings is 2. The molecule has 3 aromatic carbocycles. The average molecular weight is 736 g/mol. The van der Waals surface area contributed by atoms with Crippen LogP contribution in [0.5, 0.6) is 0 Å². The van der Waals surface area contributed by atoms with Crippen LogP contribution in [0.2, 0.25) is 19.6 Å². The minimum Gasteiger partial charge on any atom is -0.305 e. The van der Waals surface area contributed by atoms with E-state index in [1.54, 1.807) is 17.5 Å². The molecule has 1 radical (unpaired) electrons. The number of aromatic nitrogens is 2. The molecule has 0 saturated carbocycles. The van der Waals surface area contributed by atoms with Gasteiger partial charge in [0.2, 0.25) is 0 Å². The summed E-state index contributed by atoms with van der Waals surface area (Å²) in [5, 5.41) is 3.98. The van der Waals surface area contributed by atoms with Crippen LogP contribution in [0.4, 0.5) is 0 Å². The molecule has 5 heteroatoms. The fraction of sp³-hybridized carbons (Fsp3) is 0.200. The molecule has 3 aromatic heterocycles. The third-order valence-corrected chi connectivity index (χ3v) is 10.1. The Morgan fingerprint density at radius 3 is 2.35 bits per heavy atom. The Hall–Kier alpha value is -2.95. The Morgan fingerprint density at radius 2 is 1.68 bits per heavy atom. The Labute approximate surface area is 258 Å².